The molecule has 48 heavy (non-hydrogen) atoms. The molecule has 0 aliphatic heterocycles. The van der Waals surface area contributed by atoms with Crippen molar-refractivity contribution in [2.24, 2.45) is 0 Å². The molecule has 9 nitrogen and oxygen atoms in total. The second kappa shape index (κ2) is 16.7. The number of methoxy groups -OCH3 is 2. The van der Waals surface area contributed by atoms with E-state index in [1.165, 1.54) is 37.3 Å². The fourth-order valence-corrected chi connectivity index (χ4v) is 6.81. The maximum Gasteiger partial charge on any atom is 0.264 e. The molecule has 4 aromatic carbocycles. The molecule has 0 spiro atoms. The van der Waals surface area contributed by atoms with Crippen LogP contribution >= 0.6 is 23.2 Å². The molecule has 4 rings (SSSR count). The van der Waals surface area contributed by atoms with Crippen LogP contribution in [0.15, 0.2) is 102 Å². The van der Waals surface area contributed by atoms with Gasteiger partial charge in [-0.2, -0.15) is 0 Å². The van der Waals surface area contributed by atoms with Crippen LogP contribution < -0.4 is 19.1 Å². The number of amides is 2. The van der Waals surface area contributed by atoms with Crippen molar-refractivity contribution >= 4 is 50.7 Å². The van der Waals surface area contributed by atoms with Gasteiger partial charge >= 0.3 is 0 Å². The highest BCUT2D eigenvalue weighted by molar-refractivity contribution is 7.92. The zero-order chi connectivity index (χ0) is 34.8. The Bertz CT molecular complexity index is 1810. The first-order valence-electron chi connectivity index (χ1n) is 15.4. The monoisotopic (exact) mass is 711 g/mol. The van der Waals surface area contributed by atoms with Crippen LogP contribution in [0.5, 0.6) is 11.5 Å². The Morgan fingerprint density at radius 1 is 0.833 bits per heavy atom. The van der Waals surface area contributed by atoms with E-state index in [1.807, 2.05) is 44.2 Å². The number of carbonyl (C=O) groups is 2. The average molecular weight is 713 g/mol. The van der Waals surface area contributed by atoms with Gasteiger partial charge in [0, 0.05) is 25.1 Å². The van der Waals surface area contributed by atoms with Crippen LogP contribution in [0, 0.1) is 0 Å². The largest absolute Gasteiger partial charge is 0.497 e. The van der Waals surface area contributed by atoms with E-state index >= 15 is 0 Å². The molecule has 254 valence electrons. The predicted molar refractivity (Wildman–Crippen MR) is 189 cm³/mol. The summed E-state index contributed by atoms with van der Waals surface area (Å²) in [6.45, 7) is 3.11. The molecular weight excluding hydrogens is 673 g/mol. The van der Waals surface area contributed by atoms with Gasteiger partial charge in [0.2, 0.25) is 11.8 Å². The summed E-state index contributed by atoms with van der Waals surface area (Å²) < 4.78 is 40.6. The fraction of sp³-hybridized carbons (Fsp3) is 0.278. The summed E-state index contributed by atoms with van der Waals surface area (Å²) in [4.78, 5) is 30.1. The highest BCUT2D eigenvalue weighted by Crippen LogP contribution is 2.36. The minimum Gasteiger partial charge on any atom is -0.497 e. The summed E-state index contributed by atoms with van der Waals surface area (Å²) in [5.41, 5.74) is 1.51. The number of rotatable bonds is 15. The van der Waals surface area contributed by atoms with E-state index in [1.54, 1.807) is 48.5 Å². The van der Waals surface area contributed by atoms with Crippen LogP contribution in [-0.2, 0) is 32.6 Å². The number of anilines is 1. The maximum atomic E-state index is 14.7. The van der Waals surface area contributed by atoms with Gasteiger partial charge in [-0.25, -0.2) is 8.42 Å². The number of hydrogen-bond donors (Lipinski definition) is 1. The third kappa shape index (κ3) is 9.00. The van der Waals surface area contributed by atoms with Gasteiger partial charge < -0.3 is 19.7 Å². The maximum absolute atomic E-state index is 14.7. The molecule has 0 fully saturated rings. The van der Waals surface area contributed by atoms with Crippen molar-refractivity contribution in [3.8, 4) is 11.5 Å². The predicted octanol–water partition coefficient (Wildman–Crippen LogP) is 6.76. The van der Waals surface area contributed by atoms with Gasteiger partial charge in [0.15, 0.2) is 0 Å². The summed E-state index contributed by atoms with van der Waals surface area (Å²) in [7, 11) is -1.48. The first-order chi connectivity index (χ1) is 23.0. The van der Waals surface area contributed by atoms with Gasteiger partial charge in [-0.05, 0) is 60.9 Å². The molecule has 2 amide bonds. The van der Waals surface area contributed by atoms with Gasteiger partial charge in [0.25, 0.3) is 10.0 Å². The summed E-state index contributed by atoms with van der Waals surface area (Å²) in [5, 5.41) is 3.63. The van der Waals surface area contributed by atoms with Crippen molar-refractivity contribution in [3.63, 3.8) is 0 Å². The molecule has 0 saturated carbocycles. The first-order valence-corrected chi connectivity index (χ1v) is 17.6. The first kappa shape index (κ1) is 36.6. The van der Waals surface area contributed by atoms with Crippen molar-refractivity contribution in [2.45, 2.75) is 50.2 Å². The number of benzene rings is 4. The Kier molecular flexibility index (Phi) is 12.7. The molecule has 12 heteroatoms. The standard InChI is InChI=1S/C36H39Cl2N3O6S/c1-5-25(2)39-36(43)33(21-26-12-8-6-9-13-26)40(23-27-16-18-30(37)31(38)20-27)35(42)24-41(48(44,45)29-14-10-7-11-15-29)32-22-28(46-3)17-19-34(32)47-4/h6-20,22,25,33H,5,21,23-24H2,1-4H3,(H,39,43). The number of halogens is 2. The summed E-state index contributed by atoms with van der Waals surface area (Å²) in [6, 6.07) is 25.6. The van der Waals surface area contributed by atoms with Crippen LogP contribution in [0.3, 0.4) is 0 Å². The highest BCUT2D eigenvalue weighted by Gasteiger charge is 2.36. The topological polar surface area (TPSA) is 105 Å². The molecule has 2 unspecified atom stereocenters. The number of hydrogen-bond acceptors (Lipinski definition) is 6. The number of carbonyl (C=O) groups excluding carboxylic acids is 2. The number of nitrogens with zero attached hydrogens (tertiary/aromatic N) is 2. The number of ether oxygens (including phenoxy) is 2. The lowest BCUT2D eigenvalue weighted by Gasteiger charge is -2.34. The Morgan fingerprint density at radius 3 is 2.10 bits per heavy atom. The molecular formula is C36H39Cl2N3O6S. The zero-order valence-corrected chi connectivity index (χ0v) is 29.6. The van der Waals surface area contributed by atoms with E-state index in [0.29, 0.717) is 22.8 Å². The van der Waals surface area contributed by atoms with Crippen molar-refractivity contribution in [2.75, 3.05) is 25.1 Å². The van der Waals surface area contributed by atoms with Gasteiger partial charge in [-0.1, -0.05) is 84.7 Å². The highest BCUT2D eigenvalue weighted by atomic mass is 35.5. The lowest BCUT2D eigenvalue weighted by atomic mass is 10.0. The Labute approximate surface area is 292 Å². The van der Waals surface area contributed by atoms with Crippen molar-refractivity contribution in [1.29, 1.82) is 0 Å². The Hall–Kier alpha value is -4.25. The molecule has 4 aromatic rings. The average Bonchev–Trinajstić information content (AvgIpc) is 3.10. The number of nitrogens with one attached hydrogen (secondary N) is 1. The molecule has 0 radical (unpaired) electrons. The Balaban J connectivity index is 1.88. The van der Waals surface area contributed by atoms with E-state index < -0.39 is 28.5 Å². The molecule has 0 aliphatic carbocycles. The molecule has 0 aliphatic rings. The number of sulfonamides is 1. The molecule has 0 bridgehead atoms. The van der Waals surface area contributed by atoms with Gasteiger partial charge in [0.05, 0.1) is 34.8 Å². The molecule has 0 saturated heterocycles. The van der Waals surface area contributed by atoms with E-state index in [9.17, 15) is 18.0 Å². The normalized spacial score (nSPS) is 12.5. The van der Waals surface area contributed by atoms with Crippen molar-refractivity contribution in [1.82, 2.24) is 10.2 Å². The summed E-state index contributed by atoms with van der Waals surface area (Å²) in [5.74, 6) is -0.452. The van der Waals surface area contributed by atoms with Crippen molar-refractivity contribution < 1.29 is 27.5 Å². The summed E-state index contributed by atoms with van der Waals surface area (Å²) >= 11 is 12.6. The molecule has 2 atom stereocenters. The minimum atomic E-state index is -4.34. The molecule has 0 aromatic heterocycles. The summed E-state index contributed by atoms with van der Waals surface area (Å²) in [6.07, 6.45) is 0.841. The van der Waals surface area contributed by atoms with Crippen molar-refractivity contribution in [3.05, 3.63) is 118 Å². The van der Waals surface area contributed by atoms with Crippen LogP contribution in [0.1, 0.15) is 31.4 Å². The molecule has 1 N–H and O–H groups in total. The van der Waals surface area contributed by atoms with E-state index in [4.69, 9.17) is 32.7 Å². The lowest BCUT2D eigenvalue weighted by Crippen LogP contribution is -2.54. The minimum absolute atomic E-state index is 0.0333. The SMILES string of the molecule is CCC(C)NC(=O)C(Cc1ccccc1)N(Cc1ccc(Cl)c(Cl)c1)C(=O)CN(c1cc(OC)ccc1OC)S(=O)(=O)c1ccccc1. The van der Waals surface area contributed by atoms with Crippen LogP contribution in [0.25, 0.3) is 0 Å². The Morgan fingerprint density at radius 2 is 1.50 bits per heavy atom. The van der Waals surface area contributed by atoms with Crippen LogP contribution in [-0.4, -0.2) is 58.0 Å². The van der Waals surface area contributed by atoms with Gasteiger partial charge in [-0.15, -0.1) is 0 Å². The van der Waals surface area contributed by atoms with Crippen LogP contribution in [0.2, 0.25) is 10.0 Å². The van der Waals surface area contributed by atoms with E-state index in [2.05, 4.69) is 5.32 Å². The van der Waals surface area contributed by atoms with E-state index in [-0.39, 0.29) is 46.3 Å². The second-order valence-corrected chi connectivity index (χ2v) is 13.8. The smallest absolute Gasteiger partial charge is 0.264 e. The third-order valence-electron chi connectivity index (χ3n) is 7.87. The fourth-order valence-electron chi connectivity index (χ4n) is 5.05. The quantitative estimate of drug-likeness (QED) is 0.146. The van der Waals surface area contributed by atoms with E-state index in [0.717, 1.165) is 9.87 Å². The van der Waals surface area contributed by atoms with Gasteiger partial charge in [-0.3, -0.25) is 13.9 Å². The van der Waals surface area contributed by atoms with Gasteiger partial charge in [0.1, 0.15) is 24.1 Å². The molecule has 0 heterocycles. The van der Waals surface area contributed by atoms with Crippen LogP contribution in [0.4, 0.5) is 5.69 Å². The second-order valence-electron chi connectivity index (χ2n) is 11.2. The lowest BCUT2D eigenvalue weighted by molar-refractivity contribution is -0.140. The third-order valence-corrected chi connectivity index (χ3v) is 10.4. The zero-order valence-electron chi connectivity index (χ0n) is 27.2.